The summed E-state index contributed by atoms with van der Waals surface area (Å²) in [4.78, 5) is 29.1. The van der Waals surface area contributed by atoms with Gasteiger partial charge in [0, 0.05) is 48.8 Å². The van der Waals surface area contributed by atoms with Crippen LogP contribution in [0, 0.1) is 13.8 Å². The molecule has 0 unspecified atom stereocenters. The minimum atomic E-state index is 0.0434. The Morgan fingerprint density at radius 2 is 1.77 bits per heavy atom. The molecule has 8 heteroatoms. The van der Waals surface area contributed by atoms with Crippen LogP contribution in [0.3, 0.4) is 0 Å². The maximum absolute atomic E-state index is 12.8. The van der Waals surface area contributed by atoms with Gasteiger partial charge in [0.15, 0.2) is 0 Å². The summed E-state index contributed by atoms with van der Waals surface area (Å²) in [5, 5.41) is 4.95. The summed E-state index contributed by atoms with van der Waals surface area (Å²) >= 11 is 0. The van der Waals surface area contributed by atoms with Gasteiger partial charge in [0.1, 0.15) is 18.1 Å². The van der Waals surface area contributed by atoms with Crippen molar-refractivity contribution in [1.82, 2.24) is 19.5 Å². The Balaban J connectivity index is 1.34. The zero-order valence-electron chi connectivity index (χ0n) is 17.6. The van der Waals surface area contributed by atoms with Crippen LogP contribution in [0.25, 0.3) is 10.9 Å². The van der Waals surface area contributed by atoms with Crippen LogP contribution in [0.2, 0.25) is 0 Å². The van der Waals surface area contributed by atoms with Crippen molar-refractivity contribution in [2.75, 3.05) is 33.3 Å². The number of aryl methyl sites for hydroxylation is 2. The normalized spacial score (nSPS) is 14.4. The van der Waals surface area contributed by atoms with Gasteiger partial charge >= 0.3 is 0 Å². The summed E-state index contributed by atoms with van der Waals surface area (Å²) in [6.07, 6.45) is 2.21. The molecule has 8 nitrogen and oxygen atoms in total. The molecule has 0 radical (unpaired) electrons. The highest BCUT2D eigenvalue weighted by Gasteiger charge is 2.25. The third-order valence-corrected chi connectivity index (χ3v) is 5.78. The number of amides is 2. The van der Waals surface area contributed by atoms with Crippen LogP contribution in [0.15, 0.2) is 35.0 Å². The maximum atomic E-state index is 12.8. The van der Waals surface area contributed by atoms with Gasteiger partial charge in [-0.25, -0.2) is 0 Å². The Kier molecular flexibility index (Phi) is 5.48. The van der Waals surface area contributed by atoms with E-state index in [9.17, 15) is 9.59 Å². The SMILES string of the molecule is COc1ccc2c(ccn2CC(=O)N2CCN(C(=O)Cc3c(C)noc3C)CC2)c1. The maximum Gasteiger partial charge on any atom is 0.242 e. The number of methoxy groups -OCH3 is 1. The van der Waals surface area contributed by atoms with Crippen LogP contribution in [0.1, 0.15) is 17.0 Å². The van der Waals surface area contributed by atoms with Gasteiger partial charge in [-0.1, -0.05) is 5.16 Å². The molecule has 0 spiro atoms. The summed E-state index contributed by atoms with van der Waals surface area (Å²) < 4.78 is 12.4. The lowest BCUT2D eigenvalue weighted by Crippen LogP contribution is -2.51. The van der Waals surface area contributed by atoms with E-state index in [0.29, 0.717) is 31.9 Å². The number of hydrogen-bond acceptors (Lipinski definition) is 5. The van der Waals surface area contributed by atoms with Crippen LogP contribution in [0.4, 0.5) is 0 Å². The summed E-state index contributed by atoms with van der Waals surface area (Å²) in [7, 11) is 1.64. The molecule has 30 heavy (non-hydrogen) atoms. The van der Waals surface area contributed by atoms with Gasteiger partial charge in [0.25, 0.3) is 0 Å². The monoisotopic (exact) mass is 410 g/mol. The molecule has 1 fully saturated rings. The van der Waals surface area contributed by atoms with Crippen LogP contribution in [-0.4, -0.2) is 64.6 Å². The molecule has 1 aromatic carbocycles. The highest BCUT2D eigenvalue weighted by molar-refractivity contribution is 5.85. The molecule has 3 heterocycles. The molecule has 1 aliphatic rings. The van der Waals surface area contributed by atoms with Gasteiger partial charge in [-0.15, -0.1) is 0 Å². The smallest absolute Gasteiger partial charge is 0.242 e. The quantitative estimate of drug-likeness (QED) is 0.644. The van der Waals surface area contributed by atoms with Gasteiger partial charge in [-0.2, -0.15) is 0 Å². The van der Waals surface area contributed by atoms with E-state index in [1.807, 2.05) is 58.7 Å². The molecule has 0 N–H and O–H groups in total. The lowest BCUT2D eigenvalue weighted by molar-refractivity contribution is -0.139. The minimum Gasteiger partial charge on any atom is -0.497 e. The third kappa shape index (κ3) is 3.90. The van der Waals surface area contributed by atoms with Crippen molar-refractivity contribution in [3.63, 3.8) is 0 Å². The van der Waals surface area contributed by atoms with E-state index in [1.54, 1.807) is 7.11 Å². The number of carbonyl (C=O) groups excluding carboxylic acids is 2. The zero-order valence-corrected chi connectivity index (χ0v) is 17.6. The van der Waals surface area contributed by atoms with Gasteiger partial charge < -0.3 is 23.6 Å². The van der Waals surface area contributed by atoms with Crippen LogP contribution in [-0.2, 0) is 22.6 Å². The second-order valence-corrected chi connectivity index (χ2v) is 7.61. The zero-order chi connectivity index (χ0) is 21.3. The highest BCUT2D eigenvalue weighted by atomic mass is 16.5. The number of hydrogen-bond donors (Lipinski definition) is 0. The minimum absolute atomic E-state index is 0.0434. The molecule has 2 aromatic heterocycles. The molecule has 158 valence electrons. The Hall–Kier alpha value is -3.29. The predicted octanol–water partition coefficient (Wildman–Crippen LogP) is 2.17. The number of benzene rings is 1. The fraction of sp³-hybridized carbons (Fsp3) is 0.409. The molecule has 1 aliphatic heterocycles. The summed E-state index contributed by atoms with van der Waals surface area (Å²) in [6.45, 7) is 6.10. The summed E-state index contributed by atoms with van der Waals surface area (Å²) in [5.41, 5.74) is 2.61. The molecule has 0 aliphatic carbocycles. The molecule has 2 amide bonds. The number of carbonyl (C=O) groups is 2. The van der Waals surface area contributed by atoms with E-state index in [4.69, 9.17) is 9.26 Å². The Morgan fingerprint density at radius 3 is 2.40 bits per heavy atom. The fourth-order valence-electron chi connectivity index (χ4n) is 3.91. The van der Waals surface area contributed by atoms with E-state index >= 15 is 0 Å². The van der Waals surface area contributed by atoms with E-state index in [0.717, 1.165) is 27.9 Å². The average molecular weight is 410 g/mol. The van der Waals surface area contributed by atoms with E-state index < -0.39 is 0 Å². The fourth-order valence-corrected chi connectivity index (χ4v) is 3.91. The number of nitrogens with zero attached hydrogens (tertiary/aromatic N) is 4. The summed E-state index contributed by atoms with van der Waals surface area (Å²) in [5.74, 6) is 1.58. The van der Waals surface area contributed by atoms with Gasteiger partial charge in [0.2, 0.25) is 11.8 Å². The van der Waals surface area contributed by atoms with E-state index in [2.05, 4.69) is 5.16 Å². The average Bonchev–Trinajstić information content (AvgIpc) is 3.31. The Morgan fingerprint density at radius 1 is 1.07 bits per heavy atom. The van der Waals surface area contributed by atoms with E-state index in [-0.39, 0.29) is 24.8 Å². The standard InChI is InChI=1S/C22H26N4O4/c1-15-19(16(2)30-23-15)13-21(27)24-8-10-25(11-9-24)22(28)14-26-7-6-17-12-18(29-3)4-5-20(17)26/h4-7,12H,8-11,13-14H2,1-3H3. The molecule has 0 saturated carbocycles. The second-order valence-electron chi connectivity index (χ2n) is 7.61. The summed E-state index contributed by atoms with van der Waals surface area (Å²) in [6, 6.07) is 7.80. The first-order valence-electron chi connectivity index (χ1n) is 10.1. The Labute approximate surface area is 175 Å². The predicted molar refractivity (Wildman–Crippen MR) is 111 cm³/mol. The molecule has 3 aromatic rings. The lowest BCUT2D eigenvalue weighted by atomic mass is 10.1. The number of aromatic nitrogens is 2. The second kappa shape index (κ2) is 8.22. The molecular formula is C22H26N4O4. The highest BCUT2D eigenvalue weighted by Crippen LogP contribution is 2.22. The Bertz CT molecular complexity index is 1060. The van der Waals surface area contributed by atoms with Gasteiger partial charge in [-0.05, 0) is 38.1 Å². The van der Waals surface area contributed by atoms with Crippen molar-refractivity contribution >= 4 is 22.7 Å². The topological polar surface area (TPSA) is 80.8 Å². The largest absolute Gasteiger partial charge is 0.497 e. The lowest BCUT2D eigenvalue weighted by Gasteiger charge is -2.35. The van der Waals surface area contributed by atoms with Crippen molar-refractivity contribution in [3.05, 3.63) is 47.5 Å². The van der Waals surface area contributed by atoms with Crippen molar-refractivity contribution in [1.29, 1.82) is 0 Å². The molecule has 1 saturated heterocycles. The molecule has 0 bridgehead atoms. The van der Waals surface area contributed by atoms with E-state index in [1.165, 1.54) is 0 Å². The van der Waals surface area contributed by atoms with Crippen molar-refractivity contribution in [3.8, 4) is 5.75 Å². The molecule has 0 atom stereocenters. The number of ether oxygens (including phenoxy) is 1. The van der Waals surface area contributed by atoms with Crippen molar-refractivity contribution in [2.45, 2.75) is 26.8 Å². The number of fused-ring (bicyclic) bond motifs is 1. The third-order valence-electron chi connectivity index (χ3n) is 5.78. The van der Waals surface area contributed by atoms with Gasteiger partial charge in [-0.3, -0.25) is 9.59 Å². The molecular weight excluding hydrogens is 384 g/mol. The number of rotatable bonds is 5. The van der Waals surface area contributed by atoms with Crippen LogP contribution < -0.4 is 4.74 Å². The first-order chi connectivity index (χ1) is 14.5. The van der Waals surface area contributed by atoms with Crippen molar-refractivity contribution < 1.29 is 18.8 Å². The van der Waals surface area contributed by atoms with Crippen LogP contribution in [0.5, 0.6) is 5.75 Å². The van der Waals surface area contributed by atoms with Gasteiger partial charge in [0.05, 0.1) is 19.2 Å². The first-order valence-corrected chi connectivity index (χ1v) is 10.1. The van der Waals surface area contributed by atoms with Crippen LogP contribution >= 0.6 is 0 Å². The molecule has 4 rings (SSSR count). The number of piperazine rings is 1. The van der Waals surface area contributed by atoms with Crippen molar-refractivity contribution in [2.24, 2.45) is 0 Å². The first kappa shape index (κ1) is 20.0.